The van der Waals surface area contributed by atoms with E-state index in [0.29, 0.717) is 12.1 Å². The van der Waals surface area contributed by atoms with E-state index >= 15 is 0 Å². The number of ether oxygens (including phenoxy) is 1. The molecule has 1 aromatic carbocycles. The SMILES string of the molecule is CCOC1CC(n2c(C(C)Cl)nc3cc(Cl)c(F)cc32)C1. The van der Waals surface area contributed by atoms with Crippen LogP contribution >= 0.6 is 23.2 Å². The Morgan fingerprint density at radius 2 is 2.19 bits per heavy atom. The number of aromatic nitrogens is 2. The number of hydrogen-bond acceptors (Lipinski definition) is 2. The topological polar surface area (TPSA) is 27.1 Å². The molecule has 0 saturated heterocycles. The molecule has 0 aliphatic heterocycles. The lowest BCUT2D eigenvalue weighted by Crippen LogP contribution is -2.34. The second-order valence-electron chi connectivity index (χ2n) is 5.41. The third-order valence-corrected chi connectivity index (χ3v) is 4.44. The minimum atomic E-state index is -0.431. The number of fused-ring (bicyclic) bond motifs is 1. The summed E-state index contributed by atoms with van der Waals surface area (Å²) < 4.78 is 21.4. The van der Waals surface area contributed by atoms with Gasteiger partial charge in [0.25, 0.3) is 0 Å². The lowest BCUT2D eigenvalue weighted by molar-refractivity contribution is -0.0193. The average molecular weight is 331 g/mol. The van der Waals surface area contributed by atoms with Gasteiger partial charge in [0.05, 0.1) is 27.5 Å². The molecule has 21 heavy (non-hydrogen) atoms. The van der Waals surface area contributed by atoms with Gasteiger partial charge in [-0.1, -0.05) is 11.6 Å². The maximum absolute atomic E-state index is 13.8. The minimum absolute atomic E-state index is 0.0849. The molecule has 1 aliphatic carbocycles. The van der Waals surface area contributed by atoms with Crippen molar-refractivity contribution in [3.8, 4) is 0 Å². The molecule has 1 unspecified atom stereocenters. The summed E-state index contributed by atoms with van der Waals surface area (Å²) in [5, 5.41) is -0.160. The van der Waals surface area contributed by atoms with Gasteiger partial charge in [0.2, 0.25) is 0 Å². The first-order valence-electron chi connectivity index (χ1n) is 7.13. The third-order valence-electron chi connectivity index (χ3n) is 3.95. The van der Waals surface area contributed by atoms with Crippen LogP contribution in [-0.2, 0) is 4.74 Å². The summed E-state index contributed by atoms with van der Waals surface area (Å²) >= 11 is 12.1. The number of rotatable bonds is 4. The van der Waals surface area contributed by atoms with Crippen molar-refractivity contribution in [1.29, 1.82) is 0 Å². The van der Waals surface area contributed by atoms with Crippen LogP contribution in [0.5, 0.6) is 0 Å². The molecule has 1 heterocycles. The molecule has 0 radical (unpaired) electrons. The maximum Gasteiger partial charge on any atom is 0.144 e. The zero-order chi connectivity index (χ0) is 15.1. The van der Waals surface area contributed by atoms with Crippen molar-refractivity contribution >= 4 is 34.2 Å². The summed E-state index contributed by atoms with van der Waals surface area (Å²) in [7, 11) is 0. The Labute approximate surface area is 133 Å². The summed E-state index contributed by atoms with van der Waals surface area (Å²) in [5.41, 5.74) is 1.43. The van der Waals surface area contributed by atoms with Crippen LogP contribution in [-0.4, -0.2) is 22.3 Å². The number of benzene rings is 1. The molecule has 0 amide bonds. The van der Waals surface area contributed by atoms with Gasteiger partial charge in [-0.25, -0.2) is 9.37 Å². The van der Waals surface area contributed by atoms with Gasteiger partial charge in [-0.15, -0.1) is 11.6 Å². The Kier molecular flexibility index (Phi) is 4.12. The summed E-state index contributed by atoms with van der Waals surface area (Å²) in [6.45, 7) is 4.57. The molecule has 1 aromatic heterocycles. The zero-order valence-electron chi connectivity index (χ0n) is 11.9. The van der Waals surface area contributed by atoms with E-state index < -0.39 is 5.82 Å². The van der Waals surface area contributed by atoms with E-state index in [9.17, 15) is 4.39 Å². The van der Waals surface area contributed by atoms with Crippen molar-refractivity contribution < 1.29 is 9.13 Å². The Balaban J connectivity index is 2.03. The molecule has 3 rings (SSSR count). The van der Waals surface area contributed by atoms with Gasteiger partial charge in [-0.3, -0.25) is 0 Å². The summed E-state index contributed by atoms with van der Waals surface area (Å²) in [5.74, 6) is 0.327. The zero-order valence-corrected chi connectivity index (χ0v) is 13.5. The number of hydrogen-bond donors (Lipinski definition) is 0. The van der Waals surface area contributed by atoms with Crippen molar-refractivity contribution in [1.82, 2.24) is 9.55 Å². The fourth-order valence-corrected chi connectivity index (χ4v) is 3.21. The highest BCUT2D eigenvalue weighted by atomic mass is 35.5. The van der Waals surface area contributed by atoms with Crippen molar-refractivity contribution in [2.24, 2.45) is 0 Å². The van der Waals surface area contributed by atoms with Crippen LogP contribution in [0, 0.1) is 5.82 Å². The van der Waals surface area contributed by atoms with Crippen LogP contribution in [0.15, 0.2) is 12.1 Å². The van der Waals surface area contributed by atoms with Crippen molar-refractivity contribution in [3.63, 3.8) is 0 Å². The van der Waals surface area contributed by atoms with E-state index in [0.717, 1.165) is 24.2 Å². The van der Waals surface area contributed by atoms with Gasteiger partial charge in [0.1, 0.15) is 11.6 Å². The Morgan fingerprint density at radius 1 is 1.48 bits per heavy atom. The lowest BCUT2D eigenvalue weighted by Gasteiger charge is -2.37. The Hall–Kier alpha value is -0.840. The van der Waals surface area contributed by atoms with Gasteiger partial charge in [0, 0.05) is 18.7 Å². The van der Waals surface area contributed by atoms with E-state index in [-0.39, 0.29) is 22.5 Å². The van der Waals surface area contributed by atoms with Crippen LogP contribution in [0.4, 0.5) is 4.39 Å². The highest BCUT2D eigenvalue weighted by Gasteiger charge is 2.34. The first-order chi connectivity index (χ1) is 10.0. The normalized spacial score (nSPS) is 23.3. The van der Waals surface area contributed by atoms with Gasteiger partial charge < -0.3 is 9.30 Å². The van der Waals surface area contributed by atoms with E-state index in [2.05, 4.69) is 4.98 Å². The molecule has 114 valence electrons. The number of imidazole rings is 1. The van der Waals surface area contributed by atoms with Crippen molar-refractivity contribution in [2.75, 3.05) is 6.61 Å². The average Bonchev–Trinajstić information content (AvgIpc) is 2.72. The molecule has 1 saturated carbocycles. The van der Waals surface area contributed by atoms with Crippen LogP contribution < -0.4 is 0 Å². The van der Waals surface area contributed by atoms with E-state index in [1.54, 1.807) is 6.07 Å². The second-order valence-corrected chi connectivity index (χ2v) is 6.48. The standard InChI is InChI=1S/C15H17Cl2FN2O/c1-3-21-10-4-9(5-10)20-14-7-12(18)11(17)6-13(14)19-15(20)8(2)16/h6-10H,3-5H2,1-2H3. The maximum atomic E-state index is 13.8. The molecular formula is C15H17Cl2FN2O. The summed E-state index contributed by atoms with van der Waals surface area (Å²) in [6, 6.07) is 3.26. The van der Waals surface area contributed by atoms with Crippen LogP contribution in [0.25, 0.3) is 11.0 Å². The smallest absolute Gasteiger partial charge is 0.144 e. The first-order valence-corrected chi connectivity index (χ1v) is 7.95. The number of alkyl halides is 1. The molecule has 0 spiro atoms. The molecule has 2 aromatic rings. The predicted molar refractivity (Wildman–Crippen MR) is 82.7 cm³/mol. The lowest BCUT2D eigenvalue weighted by atomic mass is 9.88. The molecule has 1 atom stereocenters. The predicted octanol–water partition coefficient (Wildman–Crippen LogP) is 4.87. The minimum Gasteiger partial charge on any atom is -0.378 e. The van der Waals surface area contributed by atoms with Gasteiger partial charge >= 0.3 is 0 Å². The van der Waals surface area contributed by atoms with Crippen molar-refractivity contribution in [2.45, 2.75) is 44.2 Å². The molecule has 0 bridgehead atoms. The molecule has 1 fully saturated rings. The Morgan fingerprint density at radius 3 is 2.81 bits per heavy atom. The number of halogens is 3. The fourth-order valence-electron chi connectivity index (χ4n) is 2.89. The first kappa shape index (κ1) is 15.1. The van der Waals surface area contributed by atoms with E-state index in [4.69, 9.17) is 27.9 Å². The monoisotopic (exact) mass is 330 g/mol. The van der Waals surface area contributed by atoms with Gasteiger partial charge in [-0.05, 0) is 32.8 Å². The van der Waals surface area contributed by atoms with E-state index in [1.165, 1.54) is 6.07 Å². The highest BCUT2D eigenvalue weighted by molar-refractivity contribution is 6.31. The Bertz CT molecular complexity index is 665. The van der Waals surface area contributed by atoms with Crippen molar-refractivity contribution in [3.05, 3.63) is 28.8 Å². The largest absolute Gasteiger partial charge is 0.378 e. The number of nitrogens with zero attached hydrogens (tertiary/aromatic N) is 2. The fraction of sp³-hybridized carbons (Fsp3) is 0.533. The molecule has 6 heteroatoms. The van der Waals surface area contributed by atoms with Gasteiger partial charge in [-0.2, -0.15) is 0 Å². The third kappa shape index (κ3) is 2.65. The molecule has 1 aliphatic rings. The highest BCUT2D eigenvalue weighted by Crippen LogP contribution is 2.40. The molecule has 0 N–H and O–H groups in total. The van der Waals surface area contributed by atoms with Crippen LogP contribution in [0.3, 0.4) is 0 Å². The summed E-state index contributed by atoms with van der Waals surface area (Å²) in [6.07, 6.45) is 2.08. The van der Waals surface area contributed by atoms with Crippen LogP contribution in [0.2, 0.25) is 5.02 Å². The molecular weight excluding hydrogens is 314 g/mol. The van der Waals surface area contributed by atoms with E-state index in [1.807, 2.05) is 18.4 Å². The van der Waals surface area contributed by atoms with Crippen LogP contribution in [0.1, 0.15) is 43.9 Å². The molecule has 3 nitrogen and oxygen atoms in total. The van der Waals surface area contributed by atoms with Gasteiger partial charge in [0.15, 0.2) is 0 Å². The second kappa shape index (κ2) is 5.75. The summed E-state index contributed by atoms with van der Waals surface area (Å²) in [4.78, 5) is 4.53. The quantitative estimate of drug-likeness (QED) is 0.748.